The molecule has 0 spiro atoms. The van der Waals surface area contributed by atoms with Gasteiger partial charge in [0.1, 0.15) is 5.75 Å². The Morgan fingerprint density at radius 2 is 1.84 bits per heavy atom. The SMILES string of the molecule is CCNS(=O)(=O)c1ccc(OC)c(C(=O)N(C)Cc2ccccc2)c1. The molecule has 1 amide bonds. The summed E-state index contributed by atoms with van der Waals surface area (Å²) < 4.78 is 32.0. The highest BCUT2D eigenvalue weighted by molar-refractivity contribution is 7.89. The van der Waals surface area contributed by atoms with Crippen LogP contribution in [0.25, 0.3) is 0 Å². The van der Waals surface area contributed by atoms with Crippen LogP contribution in [0.5, 0.6) is 5.75 Å². The second-order valence-corrected chi connectivity index (χ2v) is 7.28. The molecule has 1 N–H and O–H groups in total. The number of hydrogen-bond acceptors (Lipinski definition) is 4. The topological polar surface area (TPSA) is 75.7 Å². The average molecular weight is 362 g/mol. The number of hydrogen-bond donors (Lipinski definition) is 1. The van der Waals surface area contributed by atoms with Crippen LogP contribution < -0.4 is 9.46 Å². The summed E-state index contributed by atoms with van der Waals surface area (Å²) >= 11 is 0. The molecule has 134 valence electrons. The number of nitrogens with zero attached hydrogens (tertiary/aromatic N) is 1. The molecular weight excluding hydrogens is 340 g/mol. The summed E-state index contributed by atoms with van der Waals surface area (Å²) in [7, 11) is -0.539. The monoisotopic (exact) mass is 362 g/mol. The van der Waals surface area contributed by atoms with E-state index in [0.29, 0.717) is 12.3 Å². The van der Waals surface area contributed by atoms with E-state index in [1.807, 2.05) is 30.3 Å². The van der Waals surface area contributed by atoms with Crippen molar-refractivity contribution in [2.75, 3.05) is 20.7 Å². The predicted octanol–water partition coefficient (Wildman–Crippen LogP) is 2.27. The Labute approximate surface area is 148 Å². The minimum atomic E-state index is -3.65. The number of amides is 1. The van der Waals surface area contributed by atoms with Crippen LogP contribution in [0, 0.1) is 0 Å². The molecule has 0 atom stereocenters. The number of carbonyl (C=O) groups is 1. The van der Waals surface area contributed by atoms with Crippen molar-refractivity contribution in [1.82, 2.24) is 9.62 Å². The van der Waals surface area contributed by atoms with Gasteiger partial charge in [-0.05, 0) is 23.8 Å². The molecule has 25 heavy (non-hydrogen) atoms. The summed E-state index contributed by atoms with van der Waals surface area (Å²) in [6, 6.07) is 13.8. The highest BCUT2D eigenvalue weighted by Crippen LogP contribution is 2.24. The molecule has 0 fully saturated rings. The molecular formula is C18H22N2O4S. The zero-order valence-electron chi connectivity index (χ0n) is 14.5. The average Bonchev–Trinajstić information content (AvgIpc) is 2.61. The summed E-state index contributed by atoms with van der Waals surface area (Å²) in [5, 5.41) is 0. The van der Waals surface area contributed by atoms with Crippen molar-refractivity contribution in [2.24, 2.45) is 0 Å². The van der Waals surface area contributed by atoms with Crippen molar-refractivity contribution >= 4 is 15.9 Å². The third kappa shape index (κ3) is 4.58. The van der Waals surface area contributed by atoms with E-state index in [-0.39, 0.29) is 22.9 Å². The molecule has 0 aliphatic carbocycles. The molecule has 0 radical (unpaired) electrons. The number of carbonyl (C=O) groups excluding carboxylic acids is 1. The predicted molar refractivity (Wildman–Crippen MR) is 96.1 cm³/mol. The van der Waals surface area contributed by atoms with E-state index in [9.17, 15) is 13.2 Å². The number of ether oxygens (including phenoxy) is 1. The van der Waals surface area contributed by atoms with Crippen molar-refractivity contribution in [3.63, 3.8) is 0 Å². The zero-order chi connectivity index (χ0) is 18.4. The summed E-state index contributed by atoms with van der Waals surface area (Å²) in [4.78, 5) is 14.4. The van der Waals surface area contributed by atoms with E-state index in [2.05, 4.69) is 4.72 Å². The van der Waals surface area contributed by atoms with Crippen molar-refractivity contribution < 1.29 is 17.9 Å². The van der Waals surface area contributed by atoms with Crippen LogP contribution in [-0.2, 0) is 16.6 Å². The first-order valence-corrected chi connectivity index (χ1v) is 9.34. The van der Waals surface area contributed by atoms with E-state index < -0.39 is 10.0 Å². The molecule has 6 nitrogen and oxygen atoms in total. The van der Waals surface area contributed by atoms with Gasteiger partial charge in [-0.1, -0.05) is 37.3 Å². The smallest absolute Gasteiger partial charge is 0.257 e. The van der Waals surface area contributed by atoms with Gasteiger partial charge in [0.15, 0.2) is 0 Å². The van der Waals surface area contributed by atoms with Gasteiger partial charge < -0.3 is 9.64 Å². The molecule has 7 heteroatoms. The van der Waals surface area contributed by atoms with Gasteiger partial charge in [0.2, 0.25) is 10.0 Å². The molecule has 0 aliphatic heterocycles. The lowest BCUT2D eigenvalue weighted by atomic mass is 10.1. The molecule has 2 rings (SSSR count). The van der Waals surface area contributed by atoms with Gasteiger partial charge in [0, 0.05) is 20.1 Å². The Morgan fingerprint density at radius 3 is 2.44 bits per heavy atom. The van der Waals surface area contributed by atoms with Gasteiger partial charge in [-0.25, -0.2) is 13.1 Å². The van der Waals surface area contributed by atoms with Crippen molar-refractivity contribution in [3.8, 4) is 5.75 Å². The molecule has 0 saturated heterocycles. The fourth-order valence-corrected chi connectivity index (χ4v) is 3.50. The maximum absolute atomic E-state index is 12.8. The second kappa shape index (κ2) is 8.13. The molecule has 0 heterocycles. The molecule has 0 aromatic heterocycles. The van der Waals surface area contributed by atoms with Gasteiger partial charge >= 0.3 is 0 Å². The van der Waals surface area contributed by atoms with E-state index in [1.54, 1.807) is 14.0 Å². The Hall–Kier alpha value is -2.38. The highest BCUT2D eigenvalue weighted by Gasteiger charge is 2.21. The van der Waals surface area contributed by atoms with Crippen LogP contribution in [-0.4, -0.2) is 39.9 Å². The van der Waals surface area contributed by atoms with Gasteiger partial charge in [0.25, 0.3) is 5.91 Å². The number of benzene rings is 2. The van der Waals surface area contributed by atoms with Crippen LogP contribution in [0.1, 0.15) is 22.8 Å². The van der Waals surface area contributed by atoms with Crippen LogP contribution in [0.2, 0.25) is 0 Å². The molecule has 0 saturated carbocycles. The molecule has 0 aliphatic rings. The number of nitrogens with one attached hydrogen (secondary N) is 1. The number of methoxy groups -OCH3 is 1. The summed E-state index contributed by atoms with van der Waals surface area (Å²) in [5.74, 6) is 0.0228. The Balaban J connectivity index is 2.34. The maximum Gasteiger partial charge on any atom is 0.257 e. The fraction of sp³-hybridized carbons (Fsp3) is 0.278. The first kappa shape index (κ1) is 19.0. The number of sulfonamides is 1. The van der Waals surface area contributed by atoms with Crippen molar-refractivity contribution in [2.45, 2.75) is 18.4 Å². The third-order valence-electron chi connectivity index (χ3n) is 3.66. The van der Waals surface area contributed by atoms with Crippen molar-refractivity contribution in [3.05, 3.63) is 59.7 Å². The minimum Gasteiger partial charge on any atom is -0.496 e. The van der Waals surface area contributed by atoms with Crippen LogP contribution in [0.3, 0.4) is 0 Å². The Kier molecular flexibility index (Phi) is 6.17. The lowest BCUT2D eigenvalue weighted by Gasteiger charge is -2.19. The molecule has 0 bridgehead atoms. The van der Waals surface area contributed by atoms with E-state index in [4.69, 9.17) is 4.74 Å². The molecule has 2 aromatic rings. The quantitative estimate of drug-likeness (QED) is 0.820. The van der Waals surface area contributed by atoms with E-state index in [1.165, 1.54) is 30.2 Å². The lowest BCUT2D eigenvalue weighted by Crippen LogP contribution is -2.28. The van der Waals surface area contributed by atoms with E-state index in [0.717, 1.165) is 5.56 Å². The minimum absolute atomic E-state index is 0.0339. The lowest BCUT2D eigenvalue weighted by molar-refractivity contribution is 0.0781. The standard InChI is InChI=1S/C18H22N2O4S/c1-4-19-25(22,23)15-10-11-17(24-3)16(12-15)18(21)20(2)13-14-8-6-5-7-9-14/h5-12,19H,4,13H2,1-3H3. The van der Waals surface area contributed by atoms with Gasteiger partial charge in [0.05, 0.1) is 17.6 Å². The third-order valence-corrected chi connectivity index (χ3v) is 5.20. The first-order chi connectivity index (χ1) is 11.9. The Bertz CT molecular complexity index is 835. The van der Waals surface area contributed by atoms with Crippen LogP contribution in [0.4, 0.5) is 0 Å². The molecule has 2 aromatic carbocycles. The van der Waals surface area contributed by atoms with Crippen LogP contribution in [0.15, 0.2) is 53.4 Å². The maximum atomic E-state index is 12.8. The van der Waals surface area contributed by atoms with Crippen molar-refractivity contribution in [1.29, 1.82) is 0 Å². The van der Waals surface area contributed by atoms with Crippen LogP contribution >= 0.6 is 0 Å². The van der Waals surface area contributed by atoms with E-state index >= 15 is 0 Å². The largest absolute Gasteiger partial charge is 0.496 e. The second-order valence-electron chi connectivity index (χ2n) is 5.51. The first-order valence-electron chi connectivity index (χ1n) is 7.86. The zero-order valence-corrected chi connectivity index (χ0v) is 15.3. The summed E-state index contributed by atoms with van der Waals surface area (Å²) in [6.07, 6.45) is 0. The fourth-order valence-electron chi connectivity index (χ4n) is 2.43. The summed E-state index contributed by atoms with van der Waals surface area (Å²) in [5.41, 5.74) is 1.19. The number of rotatable bonds is 7. The highest BCUT2D eigenvalue weighted by atomic mass is 32.2. The normalized spacial score (nSPS) is 11.2. The summed E-state index contributed by atoms with van der Waals surface area (Å²) in [6.45, 7) is 2.37. The molecule has 0 unspecified atom stereocenters. The van der Waals surface area contributed by atoms with Gasteiger partial charge in [-0.15, -0.1) is 0 Å². The van der Waals surface area contributed by atoms with Gasteiger partial charge in [-0.2, -0.15) is 0 Å². The van der Waals surface area contributed by atoms with Gasteiger partial charge in [-0.3, -0.25) is 4.79 Å². The Morgan fingerprint density at radius 1 is 1.16 bits per heavy atom.